The van der Waals surface area contributed by atoms with Crippen LogP contribution in [0.5, 0.6) is 11.5 Å². The monoisotopic (exact) mass is 456 g/mol. The predicted octanol–water partition coefficient (Wildman–Crippen LogP) is 4.43. The van der Waals surface area contributed by atoms with E-state index in [9.17, 15) is 31.2 Å². The first-order valence-corrected chi connectivity index (χ1v) is 10.5. The molecular weight excluding hydrogens is 429 g/mol. The van der Waals surface area contributed by atoms with Crippen molar-refractivity contribution in [3.63, 3.8) is 0 Å². The second kappa shape index (κ2) is 10.6. The van der Waals surface area contributed by atoms with Crippen LogP contribution in [0.3, 0.4) is 0 Å². The summed E-state index contributed by atoms with van der Waals surface area (Å²) in [6.45, 7) is 11.1. The molecule has 0 N–H and O–H groups in total. The van der Waals surface area contributed by atoms with Crippen LogP contribution in [-0.2, 0) is 26.1 Å². The molecule has 0 amide bonds. The van der Waals surface area contributed by atoms with Crippen LogP contribution in [0, 0.1) is 0 Å². The van der Waals surface area contributed by atoms with Crippen LogP contribution in [0.4, 0.5) is 13.2 Å². The number of carbonyl (C=O) groups excluding carboxylic acids is 2. The zero-order valence-electron chi connectivity index (χ0n) is 18.0. The zero-order valence-corrected chi connectivity index (χ0v) is 18.8. The Labute approximate surface area is 174 Å². The van der Waals surface area contributed by atoms with Crippen molar-refractivity contribution in [2.75, 3.05) is 6.61 Å². The van der Waals surface area contributed by atoms with Crippen molar-refractivity contribution in [1.82, 2.24) is 0 Å². The lowest BCUT2D eigenvalue weighted by molar-refractivity contribution is -0.157. The van der Waals surface area contributed by atoms with E-state index >= 15 is 0 Å². The minimum atomic E-state index is -5.94. The summed E-state index contributed by atoms with van der Waals surface area (Å²) in [6.07, 6.45) is 0.227. The van der Waals surface area contributed by atoms with Crippen molar-refractivity contribution in [3.05, 3.63) is 23.3 Å². The minimum Gasteiger partial charge on any atom is -0.481 e. The van der Waals surface area contributed by atoms with Gasteiger partial charge in [0.15, 0.2) is 12.4 Å². The van der Waals surface area contributed by atoms with E-state index in [1.54, 1.807) is 27.7 Å². The van der Waals surface area contributed by atoms with Gasteiger partial charge in [0.1, 0.15) is 17.1 Å². The highest BCUT2D eigenvalue weighted by atomic mass is 32.2. The number of halogens is 3. The number of benzene rings is 1. The van der Waals surface area contributed by atoms with Crippen LogP contribution in [0.15, 0.2) is 12.1 Å². The van der Waals surface area contributed by atoms with Gasteiger partial charge in [-0.15, -0.1) is 0 Å². The fourth-order valence-corrected chi connectivity index (χ4v) is 2.60. The van der Waals surface area contributed by atoms with Gasteiger partial charge in [-0.3, -0.25) is 4.79 Å². The molecule has 0 aliphatic heterocycles. The van der Waals surface area contributed by atoms with E-state index in [0.29, 0.717) is 0 Å². The second-order valence-electron chi connectivity index (χ2n) is 6.72. The Morgan fingerprint density at radius 3 is 2.00 bits per heavy atom. The zero-order chi connectivity index (χ0) is 23.9. The Kier molecular flexibility index (Phi) is 9.83. The number of hydrogen-bond acceptors (Lipinski definition) is 7. The third-order valence-corrected chi connectivity index (χ3v) is 4.15. The molecule has 7 nitrogen and oxygen atoms in total. The predicted molar refractivity (Wildman–Crippen MR) is 104 cm³/mol. The smallest absolute Gasteiger partial charge is 0.481 e. The molecule has 11 heteroatoms. The molecule has 0 saturated heterocycles. The van der Waals surface area contributed by atoms with E-state index in [2.05, 4.69) is 4.18 Å². The molecule has 0 radical (unpaired) electrons. The van der Waals surface area contributed by atoms with Gasteiger partial charge >= 0.3 is 21.6 Å². The third kappa shape index (κ3) is 8.21. The van der Waals surface area contributed by atoms with E-state index in [0.717, 1.165) is 19.1 Å². The second-order valence-corrected chi connectivity index (χ2v) is 8.25. The van der Waals surface area contributed by atoms with Gasteiger partial charge in [0.05, 0.1) is 0 Å². The maximum Gasteiger partial charge on any atom is 0.534 e. The van der Waals surface area contributed by atoms with Gasteiger partial charge in [0.25, 0.3) is 0 Å². The van der Waals surface area contributed by atoms with Crippen molar-refractivity contribution < 1.29 is 44.8 Å². The largest absolute Gasteiger partial charge is 0.534 e. The molecule has 30 heavy (non-hydrogen) atoms. The molecule has 0 unspecified atom stereocenters. The van der Waals surface area contributed by atoms with Crippen LogP contribution in [0.25, 0.3) is 0 Å². The highest BCUT2D eigenvalue weighted by Gasteiger charge is 2.48. The van der Waals surface area contributed by atoms with E-state index in [1.807, 2.05) is 13.8 Å². The van der Waals surface area contributed by atoms with Crippen molar-refractivity contribution >= 4 is 21.9 Å². The van der Waals surface area contributed by atoms with Crippen molar-refractivity contribution in [2.45, 2.75) is 66.0 Å². The number of ether oxygens (including phenoxy) is 2. The number of rotatable bonds is 7. The average Bonchev–Trinajstić information content (AvgIpc) is 2.58. The normalized spacial score (nSPS) is 11.8. The molecule has 0 fully saturated rings. The first kappa shape index (κ1) is 27.7. The van der Waals surface area contributed by atoms with Crippen LogP contribution in [-0.4, -0.2) is 37.9 Å². The van der Waals surface area contributed by atoms with Gasteiger partial charge in [-0.2, -0.15) is 21.6 Å². The molecule has 0 heterocycles. The quantitative estimate of drug-likeness (QED) is 0.259. The Hall–Kier alpha value is -2.30. The molecule has 0 aliphatic carbocycles. The highest BCUT2D eigenvalue weighted by molar-refractivity contribution is 7.88. The first-order valence-electron chi connectivity index (χ1n) is 9.10. The van der Waals surface area contributed by atoms with Gasteiger partial charge in [-0.05, 0) is 40.2 Å². The standard InChI is InChI=1S/C17H21F3O7S.C2H6/c1-6-12-13(10(2)21)7-11(27-28(23,24)17(18,19)20)8-14(12)25-9-15(22)26-16(3,4)5;1-2/h7-8H,6,9H2,1-5H3;1-2H3. The van der Waals surface area contributed by atoms with Gasteiger partial charge in [0.2, 0.25) is 0 Å². The molecule has 1 aromatic rings. The lowest BCUT2D eigenvalue weighted by Gasteiger charge is -2.20. The SMILES string of the molecule is CC.CCc1c(OCC(=O)OC(C)(C)C)cc(OS(=O)(=O)C(F)(F)F)cc1C(C)=O. The van der Waals surface area contributed by atoms with Crippen LogP contribution in [0.1, 0.15) is 64.4 Å². The summed E-state index contributed by atoms with van der Waals surface area (Å²) in [5.41, 5.74) is -6.24. The topological polar surface area (TPSA) is 96.0 Å². The molecule has 1 rings (SSSR count). The molecule has 172 valence electrons. The molecule has 0 aliphatic rings. The molecule has 0 saturated carbocycles. The van der Waals surface area contributed by atoms with Crippen LogP contribution < -0.4 is 8.92 Å². The number of esters is 1. The van der Waals surface area contributed by atoms with Gasteiger partial charge in [-0.25, -0.2) is 4.79 Å². The highest BCUT2D eigenvalue weighted by Crippen LogP contribution is 2.33. The summed E-state index contributed by atoms with van der Waals surface area (Å²) in [7, 11) is -5.94. The maximum atomic E-state index is 12.6. The Balaban J connectivity index is 0.00000407. The lowest BCUT2D eigenvalue weighted by atomic mass is 10.0. The maximum absolute atomic E-state index is 12.6. The number of alkyl halides is 3. The average molecular weight is 456 g/mol. The van der Waals surface area contributed by atoms with Gasteiger partial charge in [-0.1, -0.05) is 20.8 Å². The lowest BCUT2D eigenvalue weighted by Crippen LogP contribution is -2.28. The van der Waals surface area contributed by atoms with E-state index in [1.165, 1.54) is 0 Å². The number of Topliss-reactive ketones (excluding diaryl/α,β-unsaturated/α-hetero) is 1. The number of ketones is 1. The molecule has 0 spiro atoms. The molecule has 1 aromatic carbocycles. The first-order chi connectivity index (χ1) is 13.6. The Morgan fingerprint density at radius 1 is 1.07 bits per heavy atom. The summed E-state index contributed by atoms with van der Waals surface area (Å²) < 4.78 is 74.6. The third-order valence-electron chi connectivity index (χ3n) is 3.17. The van der Waals surface area contributed by atoms with E-state index in [4.69, 9.17) is 9.47 Å². The van der Waals surface area contributed by atoms with E-state index in [-0.39, 0.29) is 23.3 Å². The molecular formula is C19H27F3O7S. The summed E-state index contributed by atoms with van der Waals surface area (Å²) in [5, 5.41) is 0. The van der Waals surface area contributed by atoms with Crippen LogP contribution in [0.2, 0.25) is 0 Å². The van der Waals surface area contributed by atoms with Gasteiger partial charge < -0.3 is 13.7 Å². The minimum absolute atomic E-state index is 0.0865. The summed E-state index contributed by atoms with van der Waals surface area (Å²) in [4.78, 5) is 23.6. The Bertz CT molecular complexity index is 854. The number of hydrogen-bond donors (Lipinski definition) is 0. The van der Waals surface area contributed by atoms with Gasteiger partial charge in [0, 0.05) is 17.2 Å². The van der Waals surface area contributed by atoms with Crippen molar-refractivity contribution in [1.29, 1.82) is 0 Å². The van der Waals surface area contributed by atoms with Crippen molar-refractivity contribution in [2.24, 2.45) is 0 Å². The summed E-state index contributed by atoms with van der Waals surface area (Å²) in [5.74, 6) is -2.23. The summed E-state index contributed by atoms with van der Waals surface area (Å²) in [6, 6.07) is 1.75. The fraction of sp³-hybridized carbons (Fsp3) is 0.579. The molecule has 0 aromatic heterocycles. The van der Waals surface area contributed by atoms with Crippen LogP contribution >= 0.6 is 0 Å². The molecule has 0 atom stereocenters. The molecule has 0 bridgehead atoms. The van der Waals surface area contributed by atoms with Crippen molar-refractivity contribution in [3.8, 4) is 11.5 Å². The fourth-order valence-electron chi connectivity index (χ4n) is 2.16. The van der Waals surface area contributed by atoms with E-state index < -0.39 is 45.3 Å². The number of carbonyl (C=O) groups is 2. The summed E-state index contributed by atoms with van der Waals surface area (Å²) >= 11 is 0. The Morgan fingerprint density at radius 2 is 1.60 bits per heavy atom.